The Balaban J connectivity index is 1.25. The van der Waals surface area contributed by atoms with Crippen molar-refractivity contribution >= 4 is 23.6 Å². The summed E-state index contributed by atoms with van der Waals surface area (Å²) in [5, 5.41) is 6.03. The van der Waals surface area contributed by atoms with Gasteiger partial charge in [-0.05, 0) is 47.9 Å². The summed E-state index contributed by atoms with van der Waals surface area (Å²) in [4.78, 5) is 40.8. The highest BCUT2D eigenvalue weighted by atomic mass is 16.6. The smallest absolute Gasteiger partial charge is 0.335 e. The van der Waals surface area contributed by atoms with Gasteiger partial charge in [0.05, 0.1) is 0 Å². The summed E-state index contributed by atoms with van der Waals surface area (Å²) in [6.07, 6.45) is 2.14. The number of esters is 1. The van der Waals surface area contributed by atoms with Gasteiger partial charge in [0.25, 0.3) is 0 Å². The molecule has 0 aromatic heterocycles. The van der Waals surface area contributed by atoms with Crippen molar-refractivity contribution in [3.8, 4) is 0 Å². The number of amides is 3. The molecule has 0 radical (unpaired) electrons. The number of para-hydroxylation sites is 1. The fourth-order valence-electron chi connectivity index (χ4n) is 5.81. The van der Waals surface area contributed by atoms with Gasteiger partial charge in [-0.25, -0.2) is 9.59 Å². The van der Waals surface area contributed by atoms with E-state index in [2.05, 4.69) is 24.5 Å². The maximum atomic E-state index is 13.4. The van der Waals surface area contributed by atoms with Gasteiger partial charge in [-0.3, -0.25) is 4.79 Å². The van der Waals surface area contributed by atoms with Gasteiger partial charge >= 0.3 is 12.0 Å². The molecule has 3 aromatic carbocycles. The van der Waals surface area contributed by atoms with Gasteiger partial charge in [0.1, 0.15) is 0 Å². The monoisotopic (exact) mass is 551 g/mol. The Hall–Kier alpha value is -4.39. The second-order valence-electron chi connectivity index (χ2n) is 11.2. The van der Waals surface area contributed by atoms with E-state index in [1.54, 1.807) is 4.90 Å². The van der Waals surface area contributed by atoms with Crippen LogP contribution in [0.1, 0.15) is 49.8 Å². The maximum Gasteiger partial charge on any atom is 0.335 e. The lowest BCUT2D eigenvalue weighted by Gasteiger charge is -2.37. The van der Waals surface area contributed by atoms with Crippen LogP contribution in [0.15, 0.2) is 96.1 Å². The highest BCUT2D eigenvalue weighted by Gasteiger charge is 2.50. The summed E-state index contributed by atoms with van der Waals surface area (Å²) in [6.45, 7) is 5.25. The van der Waals surface area contributed by atoms with Crippen LogP contribution in [0.4, 0.5) is 10.5 Å². The third kappa shape index (κ3) is 6.35. The molecule has 7 heteroatoms. The third-order valence-corrected chi connectivity index (χ3v) is 7.77. The average Bonchev–Trinajstić information content (AvgIpc) is 3.27. The first-order chi connectivity index (χ1) is 19.9. The number of cyclic esters (lactones) is 1. The molecule has 3 amide bonds. The summed E-state index contributed by atoms with van der Waals surface area (Å²) in [7, 11) is 0. The van der Waals surface area contributed by atoms with E-state index < -0.39 is 5.60 Å². The highest BCUT2D eigenvalue weighted by molar-refractivity contribution is 5.94. The summed E-state index contributed by atoms with van der Waals surface area (Å²) in [5.41, 5.74) is 4.27. The molecule has 0 saturated heterocycles. The number of nitrogens with zero attached hydrogens (tertiary/aromatic N) is 1. The van der Waals surface area contributed by atoms with Gasteiger partial charge in [0.2, 0.25) is 5.91 Å². The van der Waals surface area contributed by atoms with E-state index in [9.17, 15) is 14.4 Å². The lowest BCUT2D eigenvalue weighted by Crippen LogP contribution is -2.46. The lowest BCUT2D eigenvalue weighted by atomic mass is 9.77. The third-order valence-electron chi connectivity index (χ3n) is 7.77. The molecule has 0 fully saturated rings. The Morgan fingerprint density at radius 2 is 1.63 bits per heavy atom. The number of carbonyl (C=O) groups excluding carboxylic acids is 3. The van der Waals surface area contributed by atoms with E-state index in [0.29, 0.717) is 50.0 Å². The molecule has 0 bridgehead atoms. The SMILES string of the molecule is CC(C)CC1(c2ccccc2)OC(=O)C2=C1CN(C(=O)NCc1ccccc1NC(=O)CCc1ccccc1)CC2. The van der Waals surface area contributed by atoms with Crippen LogP contribution in [0.5, 0.6) is 0 Å². The van der Waals surface area contributed by atoms with Crippen molar-refractivity contribution in [3.05, 3.63) is 113 Å². The molecule has 1 unspecified atom stereocenters. The molecule has 3 aromatic rings. The minimum atomic E-state index is -0.864. The molecule has 0 saturated carbocycles. The van der Waals surface area contributed by atoms with Crippen molar-refractivity contribution in [2.24, 2.45) is 5.92 Å². The summed E-state index contributed by atoms with van der Waals surface area (Å²) in [6, 6.07) is 27.0. The van der Waals surface area contributed by atoms with E-state index in [1.165, 1.54) is 0 Å². The van der Waals surface area contributed by atoms with Crippen LogP contribution in [0.25, 0.3) is 0 Å². The van der Waals surface area contributed by atoms with Crippen LogP contribution in [0.2, 0.25) is 0 Å². The summed E-state index contributed by atoms with van der Waals surface area (Å²) < 4.78 is 6.14. The molecule has 0 aliphatic carbocycles. The summed E-state index contributed by atoms with van der Waals surface area (Å²) in [5.74, 6) is -0.0728. The van der Waals surface area contributed by atoms with Crippen LogP contribution < -0.4 is 10.6 Å². The predicted octanol–water partition coefficient (Wildman–Crippen LogP) is 5.97. The van der Waals surface area contributed by atoms with Crippen molar-refractivity contribution < 1.29 is 19.1 Å². The van der Waals surface area contributed by atoms with Gasteiger partial charge in [-0.1, -0.05) is 92.7 Å². The van der Waals surface area contributed by atoms with Crippen LogP contribution in [0, 0.1) is 5.92 Å². The zero-order chi connectivity index (χ0) is 28.8. The Bertz CT molecular complexity index is 1430. The topological polar surface area (TPSA) is 87.7 Å². The number of rotatable bonds is 9. The molecule has 41 heavy (non-hydrogen) atoms. The molecule has 2 heterocycles. The Kier molecular flexibility index (Phi) is 8.53. The number of hydrogen-bond acceptors (Lipinski definition) is 4. The van der Waals surface area contributed by atoms with Crippen molar-refractivity contribution in [2.45, 2.75) is 51.7 Å². The van der Waals surface area contributed by atoms with E-state index in [-0.39, 0.29) is 30.4 Å². The Morgan fingerprint density at radius 1 is 0.951 bits per heavy atom. The number of urea groups is 1. The number of hydrogen-bond donors (Lipinski definition) is 2. The van der Waals surface area contributed by atoms with E-state index in [1.807, 2.05) is 84.9 Å². The second-order valence-corrected chi connectivity index (χ2v) is 11.2. The number of anilines is 1. The predicted molar refractivity (Wildman–Crippen MR) is 159 cm³/mol. The number of nitrogens with one attached hydrogen (secondary N) is 2. The van der Waals surface area contributed by atoms with E-state index in [4.69, 9.17) is 4.74 Å². The van der Waals surface area contributed by atoms with Crippen molar-refractivity contribution in [2.75, 3.05) is 18.4 Å². The molecule has 0 spiro atoms. The standard InChI is InChI=1S/C34H37N3O4/c1-24(2)21-34(27-14-7-4-8-15-27)29-23-37(20-19-28(29)32(39)41-34)33(40)35-22-26-13-9-10-16-30(26)36-31(38)18-17-25-11-5-3-6-12-25/h3-16,24H,17-23H2,1-2H3,(H,35,40)(H,36,38). The molecule has 212 valence electrons. The van der Waals surface area contributed by atoms with Crippen molar-refractivity contribution in [3.63, 3.8) is 0 Å². The van der Waals surface area contributed by atoms with Gasteiger partial charge in [0, 0.05) is 42.9 Å². The summed E-state index contributed by atoms with van der Waals surface area (Å²) >= 11 is 0. The molecule has 2 aliphatic rings. The normalized spacial score (nSPS) is 18.2. The molecular formula is C34H37N3O4. The van der Waals surface area contributed by atoms with E-state index >= 15 is 0 Å². The molecule has 5 rings (SSSR count). The second kappa shape index (κ2) is 12.4. The van der Waals surface area contributed by atoms with Gasteiger partial charge in [0.15, 0.2) is 5.60 Å². The molecule has 2 N–H and O–H groups in total. The number of ether oxygens (including phenoxy) is 1. The first-order valence-electron chi connectivity index (χ1n) is 14.3. The van der Waals surface area contributed by atoms with Crippen LogP contribution in [-0.4, -0.2) is 35.9 Å². The number of carbonyl (C=O) groups is 3. The highest BCUT2D eigenvalue weighted by Crippen LogP contribution is 2.48. The molecule has 1 atom stereocenters. The first kappa shape index (κ1) is 28.1. The van der Waals surface area contributed by atoms with Gasteiger partial charge in [-0.15, -0.1) is 0 Å². The van der Waals surface area contributed by atoms with Crippen LogP contribution in [0.3, 0.4) is 0 Å². The molecular weight excluding hydrogens is 514 g/mol. The van der Waals surface area contributed by atoms with Crippen molar-refractivity contribution in [1.29, 1.82) is 0 Å². The van der Waals surface area contributed by atoms with E-state index in [0.717, 1.165) is 22.3 Å². The lowest BCUT2D eigenvalue weighted by molar-refractivity contribution is -0.149. The Morgan fingerprint density at radius 3 is 2.37 bits per heavy atom. The first-order valence-corrected chi connectivity index (χ1v) is 14.3. The maximum absolute atomic E-state index is 13.4. The van der Waals surface area contributed by atoms with Gasteiger partial charge < -0.3 is 20.3 Å². The van der Waals surface area contributed by atoms with Gasteiger partial charge in [-0.2, -0.15) is 0 Å². The number of aryl methyl sites for hydroxylation is 1. The zero-order valence-electron chi connectivity index (χ0n) is 23.7. The van der Waals surface area contributed by atoms with Crippen molar-refractivity contribution in [1.82, 2.24) is 10.2 Å². The number of benzene rings is 3. The zero-order valence-corrected chi connectivity index (χ0v) is 23.7. The minimum Gasteiger partial charge on any atom is -0.446 e. The molecule has 7 nitrogen and oxygen atoms in total. The molecule has 2 aliphatic heterocycles. The van der Waals surface area contributed by atoms with Crippen LogP contribution in [-0.2, 0) is 32.9 Å². The average molecular weight is 552 g/mol. The largest absolute Gasteiger partial charge is 0.446 e. The fourth-order valence-corrected chi connectivity index (χ4v) is 5.81. The quantitative estimate of drug-likeness (QED) is 0.321. The fraction of sp³-hybridized carbons (Fsp3) is 0.324. The Labute approximate surface area is 241 Å². The van der Waals surface area contributed by atoms with Crippen LogP contribution >= 0.6 is 0 Å². The minimum absolute atomic E-state index is 0.0727.